The Morgan fingerprint density at radius 1 is 0.760 bits per heavy atom. The number of ether oxygens (including phenoxy) is 2. The second kappa shape index (κ2) is 8.60. The summed E-state index contributed by atoms with van der Waals surface area (Å²) in [5, 5.41) is 3.40. The summed E-state index contributed by atoms with van der Waals surface area (Å²) >= 11 is 0. The average Bonchev–Trinajstić information content (AvgIpc) is 2.67. The van der Waals surface area contributed by atoms with Gasteiger partial charge >= 0.3 is 0 Å². The summed E-state index contributed by atoms with van der Waals surface area (Å²) in [7, 11) is 0. The summed E-state index contributed by atoms with van der Waals surface area (Å²) in [5.41, 5.74) is 2.24. The van der Waals surface area contributed by atoms with Gasteiger partial charge in [0.15, 0.2) is 0 Å². The van der Waals surface area contributed by atoms with Gasteiger partial charge in [-0.1, -0.05) is 43.0 Å². The normalized spacial score (nSPS) is 10.1. The van der Waals surface area contributed by atoms with E-state index in [0.717, 1.165) is 29.5 Å². The molecule has 25 heavy (non-hydrogen) atoms. The molecular weight excluding hydrogens is 310 g/mol. The van der Waals surface area contributed by atoms with Crippen LogP contribution in [0.3, 0.4) is 0 Å². The molecule has 1 N–H and O–H groups in total. The summed E-state index contributed by atoms with van der Waals surface area (Å²) in [6.45, 7) is 4.92. The van der Waals surface area contributed by atoms with Crippen LogP contribution in [0.5, 0.6) is 17.2 Å². The predicted octanol–water partition coefficient (Wildman–Crippen LogP) is 5.66. The van der Waals surface area contributed by atoms with E-state index in [1.165, 1.54) is 5.56 Å². The number of para-hydroxylation sites is 1. The molecule has 3 aromatic carbocycles. The topological polar surface area (TPSA) is 30.5 Å². The lowest BCUT2D eigenvalue weighted by atomic mass is 10.2. The molecule has 0 aliphatic heterocycles. The van der Waals surface area contributed by atoms with E-state index < -0.39 is 0 Å². The van der Waals surface area contributed by atoms with Crippen molar-refractivity contribution in [3.8, 4) is 17.2 Å². The lowest BCUT2D eigenvalue weighted by Crippen LogP contribution is -1.99. The Hall–Kier alpha value is -3.20. The lowest BCUT2D eigenvalue weighted by Gasteiger charge is -2.09. The highest BCUT2D eigenvalue weighted by Crippen LogP contribution is 2.23. The van der Waals surface area contributed by atoms with Crippen LogP contribution in [0, 0.1) is 0 Å². The van der Waals surface area contributed by atoms with Gasteiger partial charge in [0.2, 0.25) is 0 Å². The van der Waals surface area contributed by atoms with Crippen molar-refractivity contribution in [3.63, 3.8) is 0 Å². The summed E-state index contributed by atoms with van der Waals surface area (Å²) in [4.78, 5) is 0. The van der Waals surface area contributed by atoms with Crippen molar-refractivity contribution in [2.45, 2.75) is 6.54 Å². The van der Waals surface area contributed by atoms with Crippen LogP contribution in [0.4, 0.5) is 5.69 Å². The molecule has 0 unspecified atom stereocenters. The van der Waals surface area contributed by atoms with E-state index in [2.05, 4.69) is 24.0 Å². The van der Waals surface area contributed by atoms with Crippen LogP contribution in [-0.2, 0) is 6.54 Å². The third kappa shape index (κ3) is 5.15. The molecule has 0 heterocycles. The summed E-state index contributed by atoms with van der Waals surface area (Å²) in [6, 6.07) is 25.8. The number of hydrogen-bond acceptors (Lipinski definition) is 3. The molecule has 0 aliphatic carbocycles. The molecule has 3 rings (SSSR count). The van der Waals surface area contributed by atoms with Crippen LogP contribution in [-0.4, -0.2) is 6.61 Å². The van der Waals surface area contributed by atoms with Crippen molar-refractivity contribution in [3.05, 3.63) is 97.1 Å². The van der Waals surface area contributed by atoms with Crippen molar-refractivity contribution >= 4 is 5.69 Å². The average molecular weight is 331 g/mol. The number of nitrogens with one attached hydrogen (secondary N) is 1. The minimum absolute atomic E-state index is 0.523. The van der Waals surface area contributed by atoms with Crippen LogP contribution in [0.25, 0.3) is 0 Å². The van der Waals surface area contributed by atoms with Gasteiger partial charge in [-0.3, -0.25) is 0 Å². The molecular formula is C22H21NO2. The van der Waals surface area contributed by atoms with E-state index in [-0.39, 0.29) is 0 Å². The van der Waals surface area contributed by atoms with Crippen LogP contribution in [0.2, 0.25) is 0 Å². The van der Waals surface area contributed by atoms with Crippen LogP contribution in [0.15, 0.2) is 91.5 Å². The fraction of sp³-hybridized carbons (Fsp3) is 0.0909. The second-order valence-electron chi connectivity index (χ2n) is 5.54. The van der Waals surface area contributed by atoms with Gasteiger partial charge in [-0.15, -0.1) is 0 Å². The molecule has 3 nitrogen and oxygen atoms in total. The van der Waals surface area contributed by atoms with E-state index in [1.54, 1.807) is 6.08 Å². The first kappa shape index (κ1) is 16.7. The molecule has 0 atom stereocenters. The van der Waals surface area contributed by atoms with Crippen LogP contribution >= 0.6 is 0 Å². The van der Waals surface area contributed by atoms with Crippen LogP contribution in [0.1, 0.15) is 5.56 Å². The smallest absolute Gasteiger partial charge is 0.127 e. The molecule has 0 aliphatic rings. The highest BCUT2D eigenvalue weighted by molar-refractivity contribution is 5.47. The molecule has 0 spiro atoms. The highest BCUT2D eigenvalue weighted by atomic mass is 16.5. The quantitative estimate of drug-likeness (QED) is 0.541. The third-order valence-electron chi connectivity index (χ3n) is 3.62. The monoisotopic (exact) mass is 331 g/mol. The van der Waals surface area contributed by atoms with E-state index >= 15 is 0 Å². The first-order valence-electron chi connectivity index (χ1n) is 8.23. The minimum atomic E-state index is 0.523. The van der Waals surface area contributed by atoms with Gasteiger partial charge in [0.25, 0.3) is 0 Å². The fourth-order valence-corrected chi connectivity index (χ4v) is 2.33. The molecule has 0 radical (unpaired) electrons. The van der Waals surface area contributed by atoms with Crippen molar-refractivity contribution in [2.75, 3.05) is 11.9 Å². The number of hydrogen-bond donors (Lipinski definition) is 1. The largest absolute Gasteiger partial charge is 0.490 e. The van der Waals surface area contributed by atoms with Gasteiger partial charge in [-0.2, -0.15) is 0 Å². The van der Waals surface area contributed by atoms with E-state index in [9.17, 15) is 0 Å². The van der Waals surface area contributed by atoms with Gasteiger partial charge in [0.1, 0.15) is 23.9 Å². The third-order valence-corrected chi connectivity index (χ3v) is 3.62. The Bertz CT molecular complexity index is 781. The molecule has 0 saturated carbocycles. The zero-order chi connectivity index (χ0) is 17.3. The highest BCUT2D eigenvalue weighted by Gasteiger charge is 1.99. The number of anilines is 1. The molecule has 0 aromatic heterocycles. The maximum Gasteiger partial charge on any atom is 0.127 e. The lowest BCUT2D eigenvalue weighted by molar-refractivity contribution is 0.363. The molecule has 0 bridgehead atoms. The zero-order valence-corrected chi connectivity index (χ0v) is 14.0. The van der Waals surface area contributed by atoms with Crippen molar-refractivity contribution < 1.29 is 9.47 Å². The molecule has 126 valence electrons. The maximum absolute atomic E-state index is 5.79. The number of rotatable bonds is 8. The predicted molar refractivity (Wildman–Crippen MR) is 102 cm³/mol. The Balaban J connectivity index is 1.52. The van der Waals surface area contributed by atoms with Crippen molar-refractivity contribution in [2.24, 2.45) is 0 Å². The maximum atomic E-state index is 5.79. The second-order valence-corrected chi connectivity index (χ2v) is 5.54. The summed E-state index contributed by atoms with van der Waals surface area (Å²) in [6.07, 6.45) is 1.74. The van der Waals surface area contributed by atoms with E-state index in [4.69, 9.17) is 9.47 Å². The zero-order valence-electron chi connectivity index (χ0n) is 14.0. The molecule has 0 saturated heterocycles. The Morgan fingerprint density at radius 2 is 1.40 bits per heavy atom. The van der Waals surface area contributed by atoms with Gasteiger partial charge in [-0.25, -0.2) is 0 Å². The SMILES string of the molecule is C=CCOc1ccc(CNc2ccc(Oc3ccccc3)cc2)cc1. The molecule has 3 aromatic rings. The molecule has 3 heteroatoms. The molecule has 0 amide bonds. The number of benzene rings is 3. The summed E-state index contributed by atoms with van der Waals surface area (Å²) < 4.78 is 11.3. The standard InChI is InChI=1S/C22H21NO2/c1-2-16-24-20-12-8-18(9-13-20)17-23-19-10-14-22(15-11-19)25-21-6-4-3-5-7-21/h2-15,23H,1,16-17H2. The van der Waals surface area contributed by atoms with Crippen molar-refractivity contribution in [1.82, 2.24) is 0 Å². The van der Waals surface area contributed by atoms with Gasteiger partial charge in [0, 0.05) is 12.2 Å². The Labute approximate surface area is 148 Å². The fourth-order valence-electron chi connectivity index (χ4n) is 2.33. The first-order chi connectivity index (χ1) is 12.3. The minimum Gasteiger partial charge on any atom is -0.490 e. The van der Waals surface area contributed by atoms with E-state index in [1.807, 2.05) is 66.7 Å². The summed E-state index contributed by atoms with van der Waals surface area (Å²) in [5.74, 6) is 2.51. The van der Waals surface area contributed by atoms with Gasteiger partial charge in [0.05, 0.1) is 0 Å². The Kier molecular flexibility index (Phi) is 5.73. The Morgan fingerprint density at radius 3 is 2.08 bits per heavy atom. The van der Waals surface area contributed by atoms with Crippen LogP contribution < -0.4 is 14.8 Å². The first-order valence-corrected chi connectivity index (χ1v) is 8.23. The van der Waals surface area contributed by atoms with Gasteiger partial charge in [-0.05, 0) is 54.1 Å². The molecule has 0 fully saturated rings. The van der Waals surface area contributed by atoms with Gasteiger partial charge < -0.3 is 14.8 Å². The van der Waals surface area contributed by atoms with E-state index in [0.29, 0.717) is 6.61 Å². The van der Waals surface area contributed by atoms with Crippen molar-refractivity contribution in [1.29, 1.82) is 0 Å².